The molecule has 0 radical (unpaired) electrons. The van der Waals surface area contributed by atoms with Gasteiger partial charge in [0.1, 0.15) is 6.33 Å². The number of nitrogens with zero attached hydrogens (tertiary/aromatic N) is 3. The molecule has 0 aliphatic carbocycles. The molecule has 1 aliphatic heterocycles. The van der Waals surface area contributed by atoms with Gasteiger partial charge in [0.05, 0.1) is 5.56 Å². The first-order valence-corrected chi connectivity index (χ1v) is 5.47. The van der Waals surface area contributed by atoms with Gasteiger partial charge in [0.2, 0.25) is 0 Å². The zero-order valence-corrected chi connectivity index (χ0v) is 9.55. The summed E-state index contributed by atoms with van der Waals surface area (Å²) in [6.07, 6.45) is 4.55. The predicted molar refractivity (Wildman–Crippen MR) is 60.0 cm³/mol. The molecule has 0 bridgehead atoms. The van der Waals surface area contributed by atoms with E-state index in [1.165, 1.54) is 6.33 Å². The summed E-state index contributed by atoms with van der Waals surface area (Å²) in [6.45, 7) is 5.63. The van der Waals surface area contributed by atoms with Crippen LogP contribution < -0.4 is 5.32 Å². The van der Waals surface area contributed by atoms with Crippen LogP contribution in [0.3, 0.4) is 0 Å². The van der Waals surface area contributed by atoms with Crippen LogP contribution in [-0.4, -0.2) is 45.9 Å². The van der Waals surface area contributed by atoms with Crippen molar-refractivity contribution in [2.24, 2.45) is 0 Å². The van der Waals surface area contributed by atoms with Crippen LogP contribution in [0.4, 0.5) is 0 Å². The second kappa shape index (κ2) is 4.57. The fourth-order valence-corrected chi connectivity index (χ4v) is 2.08. The van der Waals surface area contributed by atoms with E-state index in [1.807, 2.05) is 4.90 Å². The first-order chi connectivity index (χ1) is 7.66. The van der Waals surface area contributed by atoms with Crippen molar-refractivity contribution in [2.75, 3.05) is 13.1 Å². The molecule has 1 aromatic heterocycles. The van der Waals surface area contributed by atoms with E-state index in [0.717, 1.165) is 13.1 Å². The minimum atomic E-state index is 0.0146. The molecule has 0 saturated carbocycles. The predicted octanol–water partition coefficient (Wildman–Crippen LogP) is 0.299. The Morgan fingerprint density at radius 2 is 1.88 bits per heavy atom. The first kappa shape index (κ1) is 11.0. The highest BCUT2D eigenvalue weighted by Crippen LogP contribution is 2.08. The molecular weight excluding hydrogens is 204 g/mol. The summed E-state index contributed by atoms with van der Waals surface area (Å²) >= 11 is 0. The SMILES string of the molecule is CC1CN(C(=O)c2cncnc2)CC(C)N1. The van der Waals surface area contributed by atoms with Gasteiger partial charge in [-0.1, -0.05) is 0 Å². The first-order valence-electron chi connectivity index (χ1n) is 5.47. The number of rotatable bonds is 1. The molecule has 16 heavy (non-hydrogen) atoms. The van der Waals surface area contributed by atoms with Gasteiger partial charge in [-0.2, -0.15) is 0 Å². The van der Waals surface area contributed by atoms with Crippen molar-refractivity contribution in [2.45, 2.75) is 25.9 Å². The molecule has 0 aromatic carbocycles. The number of aromatic nitrogens is 2. The van der Waals surface area contributed by atoms with Gasteiger partial charge in [-0.15, -0.1) is 0 Å². The molecule has 0 spiro atoms. The minimum absolute atomic E-state index is 0.0146. The third-order valence-electron chi connectivity index (χ3n) is 2.65. The van der Waals surface area contributed by atoms with Crippen molar-refractivity contribution in [3.63, 3.8) is 0 Å². The summed E-state index contributed by atoms with van der Waals surface area (Å²) in [5.41, 5.74) is 0.559. The van der Waals surface area contributed by atoms with Crippen molar-refractivity contribution in [1.29, 1.82) is 0 Å². The van der Waals surface area contributed by atoms with Crippen molar-refractivity contribution in [1.82, 2.24) is 20.2 Å². The van der Waals surface area contributed by atoms with Gasteiger partial charge in [-0.3, -0.25) is 4.79 Å². The van der Waals surface area contributed by atoms with Gasteiger partial charge in [0.15, 0.2) is 0 Å². The Morgan fingerprint density at radius 3 is 2.44 bits per heavy atom. The molecule has 1 N–H and O–H groups in total. The van der Waals surface area contributed by atoms with Gasteiger partial charge in [-0.25, -0.2) is 9.97 Å². The summed E-state index contributed by atoms with van der Waals surface area (Å²) in [7, 11) is 0. The van der Waals surface area contributed by atoms with Crippen LogP contribution in [0.5, 0.6) is 0 Å². The molecule has 1 aliphatic rings. The van der Waals surface area contributed by atoms with Crippen LogP contribution >= 0.6 is 0 Å². The summed E-state index contributed by atoms with van der Waals surface area (Å²) in [5.74, 6) is 0.0146. The number of hydrogen-bond donors (Lipinski definition) is 1. The maximum Gasteiger partial charge on any atom is 0.257 e. The number of nitrogens with one attached hydrogen (secondary N) is 1. The Labute approximate surface area is 94.9 Å². The number of hydrogen-bond acceptors (Lipinski definition) is 4. The summed E-state index contributed by atoms with van der Waals surface area (Å²) in [6, 6.07) is 0.662. The Balaban J connectivity index is 2.10. The molecule has 2 heterocycles. The Morgan fingerprint density at radius 1 is 1.31 bits per heavy atom. The maximum absolute atomic E-state index is 12.1. The summed E-state index contributed by atoms with van der Waals surface area (Å²) in [5, 5.41) is 3.39. The third kappa shape index (κ3) is 2.36. The fourth-order valence-electron chi connectivity index (χ4n) is 2.08. The van der Waals surface area contributed by atoms with Gasteiger partial charge in [0, 0.05) is 37.6 Å². The lowest BCUT2D eigenvalue weighted by Crippen LogP contribution is -2.55. The van der Waals surface area contributed by atoms with E-state index in [0.29, 0.717) is 17.6 Å². The molecule has 2 atom stereocenters. The maximum atomic E-state index is 12.1. The highest BCUT2D eigenvalue weighted by Gasteiger charge is 2.25. The summed E-state index contributed by atoms with van der Waals surface area (Å²) in [4.78, 5) is 21.7. The molecule has 1 saturated heterocycles. The van der Waals surface area contributed by atoms with Crippen LogP contribution in [0.2, 0.25) is 0 Å². The second-order valence-corrected chi connectivity index (χ2v) is 4.31. The van der Waals surface area contributed by atoms with E-state index >= 15 is 0 Å². The zero-order valence-electron chi connectivity index (χ0n) is 9.55. The standard InChI is InChI=1S/C11H16N4O/c1-8-5-15(6-9(2)14-8)11(16)10-3-12-7-13-4-10/h3-4,7-9,14H,5-6H2,1-2H3. The van der Waals surface area contributed by atoms with Crippen molar-refractivity contribution < 1.29 is 4.79 Å². The van der Waals surface area contributed by atoms with Gasteiger partial charge in [0.25, 0.3) is 5.91 Å². The van der Waals surface area contributed by atoms with E-state index < -0.39 is 0 Å². The van der Waals surface area contributed by atoms with Crippen molar-refractivity contribution >= 4 is 5.91 Å². The number of carbonyl (C=O) groups is 1. The lowest BCUT2D eigenvalue weighted by atomic mass is 10.1. The largest absolute Gasteiger partial charge is 0.335 e. The molecule has 1 amide bonds. The average molecular weight is 220 g/mol. The van der Waals surface area contributed by atoms with Crippen LogP contribution in [0, 0.1) is 0 Å². The van der Waals surface area contributed by atoms with Crippen molar-refractivity contribution in [3.05, 3.63) is 24.3 Å². The molecule has 2 unspecified atom stereocenters. The minimum Gasteiger partial charge on any atom is -0.335 e. The molecule has 2 rings (SSSR count). The number of piperazine rings is 1. The van der Waals surface area contributed by atoms with E-state index in [1.54, 1.807) is 12.4 Å². The van der Waals surface area contributed by atoms with Gasteiger partial charge in [-0.05, 0) is 13.8 Å². The highest BCUT2D eigenvalue weighted by molar-refractivity contribution is 5.93. The van der Waals surface area contributed by atoms with Crippen LogP contribution in [0.1, 0.15) is 24.2 Å². The molecule has 5 nitrogen and oxygen atoms in total. The quantitative estimate of drug-likeness (QED) is 0.739. The second-order valence-electron chi connectivity index (χ2n) is 4.31. The van der Waals surface area contributed by atoms with Crippen molar-refractivity contribution in [3.8, 4) is 0 Å². The Bertz CT molecular complexity index is 358. The number of carbonyl (C=O) groups excluding carboxylic acids is 1. The molecule has 1 aromatic rings. The Kier molecular flexibility index (Phi) is 3.14. The topological polar surface area (TPSA) is 58.1 Å². The van der Waals surface area contributed by atoms with Crippen LogP contribution in [0.15, 0.2) is 18.7 Å². The zero-order chi connectivity index (χ0) is 11.5. The van der Waals surface area contributed by atoms with Crippen LogP contribution in [-0.2, 0) is 0 Å². The lowest BCUT2D eigenvalue weighted by Gasteiger charge is -2.36. The number of amides is 1. The van der Waals surface area contributed by atoms with E-state index in [2.05, 4.69) is 29.1 Å². The Hall–Kier alpha value is -1.49. The normalized spacial score (nSPS) is 25.5. The molecule has 1 fully saturated rings. The fraction of sp³-hybridized carbons (Fsp3) is 0.545. The third-order valence-corrected chi connectivity index (χ3v) is 2.65. The summed E-state index contributed by atoms with van der Waals surface area (Å²) < 4.78 is 0. The smallest absolute Gasteiger partial charge is 0.257 e. The van der Waals surface area contributed by atoms with Gasteiger partial charge < -0.3 is 10.2 Å². The molecule has 86 valence electrons. The monoisotopic (exact) mass is 220 g/mol. The van der Waals surface area contributed by atoms with E-state index in [-0.39, 0.29) is 5.91 Å². The average Bonchev–Trinajstić information content (AvgIpc) is 2.28. The lowest BCUT2D eigenvalue weighted by molar-refractivity contribution is 0.0673. The highest BCUT2D eigenvalue weighted by atomic mass is 16.2. The van der Waals surface area contributed by atoms with E-state index in [4.69, 9.17) is 0 Å². The molecule has 5 heteroatoms. The van der Waals surface area contributed by atoms with E-state index in [9.17, 15) is 4.79 Å². The van der Waals surface area contributed by atoms with Crippen LogP contribution in [0.25, 0.3) is 0 Å². The molecular formula is C11H16N4O. The van der Waals surface area contributed by atoms with Gasteiger partial charge >= 0.3 is 0 Å².